The van der Waals surface area contributed by atoms with Crippen molar-refractivity contribution < 1.29 is 4.74 Å². The molecule has 180 valence electrons. The molecule has 5 heteroatoms. The largest absolute Gasteiger partial charge is 0.493 e. The topological polar surface area (TPSA) is 33.5 Å². The minimum absolute atomic E-state index is 0.473. The van der Waals surface area contributed by atoms with Gasteiger partial charge in [0.1, 0.15) is 5.76 Å². The molecule has 5 fully saturated rings. The van der Waals surface area contributed by atoms with Crippen molar-refractivity contribution >= 4 is 16.6 Å². The van der Waals surface area contributed by atoms with E-state index in [1.165, 1.54) is 81.0 Å². The normalized spacial score (nSPS) is 32.6. The lowest BCUT2D eigenvalue weighted by atomic mass is 9.50. The van der Waals surface area contributed by atoms with Gasteiger partial charge in [-0.05, 0) is 113 Å². The van der Waals surface area contributed by atoms with Crippen LogP contribution in [0.4, 0.5) is 5.69 Å². The van der Waals surface area contributed by atoms with E-state index < -0.39 is 0 Å². The van der Waals surface area contributed by atoms with Gasteiger partial charge in [-0.1, -0.05) is 0 Å². The average Bonchev–Trinajstić information content (AvgIpc) is 3.50. The molecular formula is C29H38N4O. The fourth-order valence-electron chi connectivity index (χ4n) is 8.16. The third-order valence-electron chi connectivity index (χ3n) is 9.40. The van der Waals surface area contributed by atoms with Gasteiger partial charge in [0, 0.05) is 35.8 Å². The predicted octanol–water partition coefficient (Wildman–Crippen LogP) is 5.58. The zero-order valence-corrected chi connectivity index (χ0v) is 20.4. The Hall–Kier alpha value is -2.27. The fourth-order valence-corrected chi connectivity index (χ4v) is 8.16. The number of nitrogens with zero attached hydrogens (tertiary/aromatic N) is 4. The molecule has 1 aromatic heterocycles. The van der Waals surface area contributed by atoms with Crippen molar-refractivity contribution in [1.82, 2.24) is 14.7 Å². The molecule has 0 amide bonds. The van der Waals surface area contributed by atoms with Crippen LogP contribution < -0.4 is 4.90 Å². The molecule has 0 unspecified atom stereocenters. The van der Waals surface area contributed by atoms with E-state index >= 15 is 0 Å². The summed E-state index contributed by atoms with van der Waals surface area (Å²) < 4.78 is 8.59. The third-order valence-corrected chi connectivity index (χ3v) is 9.40. The summed E-state index contributed by atoms with van der Waals surface area (Å²) in [6.07, 6.45) is 20.0. The number of ether oxygens (including phenoxy) is 1. The van der Waals surface area contributed by atoms with Gasteiger partial charge in [0.2, 0.25) is 0 Å². The number of fused-ring (bicyclic) bond motifs is 1. The maximum atomic E-state index is 6.42. The Kier molecular flexibility index (Phi) is 5.22. The van der Waals surface area contributed by atoms with Gasteiger partial charge in [-0.25, -0.2) is 0 Å². The number of likely N-dealkylation sites (tertiary alicyclic amines) is 1. The Morgan fingerprint density at radius 1 is 0.971 bits per heavy atom. The van der Waals surface area contributed by atoms with Gasteiger partial charge in [0.05, 0.1) is 24.9 Å². The number of hydrogen-bond acceptors (Lipinski definition) is 4. The number of aromatic nitrogens is 2. The lowest BCUT2D eigenvalue weighted by Crippen LogP contribution is -2.48. The van der Waals surface area contributed by atoms with Crippen LogP contribution in [0.25, 0.3) is 10.9 Å². The smallest absolute Gasteiger partial charge is 0.118 e. The summed E-state index contributed by atoms with van der Waals surface area (Å²) in [6.45, 7) is 6.35. The molecule has 0 spiro atoms. The van der Waals surface area contributed by atoms with E-state index in [0.717, 1.165) is 49.8 Å². The summed E-state index contributed by atoms with van der Waals surface area (Å²) >= 11 is 0. The molecule has 2 aromatic rings. The highest BCUT2D eigenvalue weighted by atomic mass is 16.5. The summed E-state index contributed by atoms with van der Waals surface area (Å²) in [5.41, 5.74) is 2.93. The van der Waals surface area contributed by atoms with E-state index in [-0.39, 0.29) is 0 Å². The van der Waals surface area contributed by atoms with Crippen LogP contribution >= 0.6 is 0 Å². The molecule has 0 radical (unpaired) electrons. The lowest BCUT2D eigenvalue weighted by molar-refractivity contribution is -0.0847. The van der Waals surface area contributed by atoms with Gasteiger partial charge in [-0.2, -0.15) is 5.10 Å². The Labute approximate surface area is 203 Å². The quantitative estimate of drug-likeness (QED) is 0.542. The summed E-state index contributed by atoms with van der Waals surface area (Å²) in [7, 11) is 0. The second-order valence-corrected chi connectivity index (χ2v) is 11.9. The van der Waals surface area contributed by atoms with Gasteiger partial charge in [-0.15, -0.1) is 0 Å². The average molecular weight is 459 g/mol. The first-order valence-corrected chi connectivity index (χ1v) is 13.7. The maximum absolute atomic E-state index is 6.42. The monoisotopic (exact) mass is 458 g/mol. The van der Waals surface area contributed by atoms with Crippen LogP contribution in [-0.4, -0.2) is 47.5 Å². The van der Waals surface area contributed by atoms with Crippen LogP contribution in [-0.2, 0) is 11.3 Å². The molecule has 1 saturated heterocycles. The van der Waals surface area contributed by atoms with Gasteiger partial charge >= 0.3 is 0 Å². The number of hydrogen-bond donors (Lipinski definition) is 0. The molecule has 0 N–H and O–H groups in total. The molecule has 2 aliphatic heterocycles. The second kappa shape index (κ2) is 8.44. The fraction of sp³-hybridized carbons (Fsp3) is 0.621. The number of benzene rings is 1. The lowest BCUT2D eigenvalue weighted by Gasteiger charge is -2.56. The zero-order chi connectivity index (χ0) is 22.5. The molecule has 34 heavy (non-hydrogen) atoms. The van der Waals surface area contributed by atoms with E-state index in [0.29, 0.717) is 5.41 Å². The van der Waals surface area contributed by atoms with Crippen LogP contribution in [0.1, 0.15) is 51.4 Å². The van der Waals surface area contributed by atoms with E-state index in [9.17, 15) is 0 Å². The van der Waals surface area contributed by atoms with Crippen LogP contribution in [0.15, 0.2) is 48.5 Å². The maximum Gasteiger partial charge on any atom is 0.118 e. The van der Waals surface area contributed by atoms with Crippen molar-refractivity contribution in [3.8, 4) is 0 Å². The number of rotatable bonds is 7. The molecule has 6 aliphatic rings. The van der Waals surface area contributed by atoms with Crippen molar-refractivity contribution in [2.45, 2.75) is 57.9 Å². The number of allylic oxidation sites excluding steroid dienone is 1. The molecule has 3 heterocycles. The Balaban J connectivity index is 0.970. The van der Waals surface area contributed by atoms with Crippen LogP contribution in [0.5, 0.6) is 0 Å². The first kappa shape index (κ1) is 21.0. The van der Waals surface area contributed by atoms with Crippen LogP contribution in [0.3, 0.4) is 0 Å². The van der Waals surface area contributed by atoms with Gasteiger partial charge in [-0.3, -0.25) is 4.68 Å². The molecule has 4 bridgehead atoms. The molecule has 1 aromatic carbocycles. The van der Waals surface area contributed by atoms with Gasteiger partial charge in [0.15, 0.2) is 0 Å². The highest BCUT2D eigenvalue weighted by molar-refractivity contribution is 5.83. The molecule has 5 nitrogen and oxygen atoms in total. The molecule has 4 aliphatic carbocycles. The minimum Gasteiger partial charge on any atom is -0.493 e. The summed E-state index contributed by atoms with van der Waals surface area (Å²) in [6, 6.07) is 6.74. The van der Waals surface area contributed by atoms with E-state index in [4.69, 9.17) is 4.74 Å². The van der Waals surface area contributed by atoms with Crippen molar-refractivity contribution in [2.75, 3.05) is 37.7 Å². The molecule has 4 saturated carbocycles. The molecule has 0 atom stereocenters. The van der Waals surface area contributed by atoms with Gasteiger partial charge in [0.25, 0.3) is 0 Å². The van der Waals surface area contributed by atoms with Crippen LogP contribution in [0.2, 0.25) is 0 Å². The SMILES string of the molecule is C1=CN(c2ccc3c(cnn3CCN3CCCC3)c2)CC=C1OCC12CC3CC(CC(C3)C1)C2. The van der Waals surface area contributed by atoms with Crippen molar-refractivity contribution in [2.24, 2.45) is 23.2 Å². The number of anilines is 1. The van der Waals surface area contributed by atoms with Crippen LogP contribution in [0, 0.1) is 23.2 Å². The van der Waals surface area contributed by atoms with Gasteiger partial charge < -0.3 is 14.5 Å². The predicted molar refractivity (Wildman–Crippen MR) is 137 cm³/mol. The first-order valence-electron chi connectivity index (χ1n) is 13.7. The minimum atomic E-state index is 0.473. The second-order valence-electron chi connectivity index (χ2n) is 11.9. The zero-order valence-electron chi connectivity index (χ0n) is 20.4. The van der Waals surface area contributed by atoms with E-state index in [1.54, 1.807) is 0 Å². The van der Waals surface area contributed by atoms with E-state index in [1.807, 2.05) is 6.20 Å². The Morgan fingerprint density at radius 3 is 2.44 bits per heavy atom. The first-order chi connectivity index (χ1) is 16.7. The summed E-state index contributed by atoms with van der Waals surface area (Å²) in [5, 5.41) is 5.90. The summed E-state index contributed by atoms with van der Waals surface area (Å²) in [4.78, 5) is 4.86. The standard InChI is InChI=1S/C29H38N4O/c1-2-8-31(7-1)11-12-33-28-4-3-26(16-25(28)20-30-33)32-9-5-27(6-10-32)34-21-29-17-22-13-23(18-29)15-24(14-22)19-29/h3-6,9,16,20,22-24H,1-2,7-8,10-15,17-19,21H2. The van der Waals surface area contributed by atoms with Crippen molar-refractivity contribution in [3.63, 3.8) is 0 Å². The Bertz CT molecular complexity index is 1070. The molecule has 8 rings (SSSR count). The summed E-state index contributed by atoms with van der Waals surface area (Å²) in [5.74, 6) is 4.02. The third kappa shape index (κ3) is 3.96. The van der Waals surface area contributed by atoms with Crippen molar-refractivity contribution in [3.05, 3.63) is 48.5 Å². The van der Waals surface area contributed by atoms with Crippen molar-refractivity contribution in [1.29, 1.82) is 0 Å². The highest BCUT2D eigenvalue weighted by Gasteiger charge is 2.51. The van der Waals surface area contributed by atoms with E-state index in [2.05, 4.69) is 56.1 Å². The molecular weight excluding hydrogens is 420 g/mol. The Morgan fingerprint density at radius 2 is 1.74 bits per heavy atom. The highest BCUT2D eigenvalue weighted by Crippen LogP contribution is 2.60.